The molecule has 0 saturated carbocycles. The molecule has 0 spiro atoms. The lowest BCUT2D eigenvalue weighted by Gasteiger charge is -2.28. The van der Waals surface area contributed by atoms with E-state index in [-0.39, 0.29) is 0 Å². The summed E-state index contributed by atoms with van der Waals surface area (Å²) >= 11 is 0. The van der Waals surface area contributed by atoms with Crippen LogP contribution in [0.15, 0.2) is 0 Å². The highest BCUT2D eigenvalue weighted by Crippen LogP contribution is 2.03. The summed E-state index contributed by atoms with van der Waals surface area (Å²) in [6.45, 7) is 6.49. The molecular weight excluding hydrogens is 208 g/mol. The minimum atomic E-state index is -0.794. The Balaban J connectivity index is 4.07. The molecule has 0 aliphatic carbocycles. The van der Waals surface area contributed by atoms with Crippen molar-refractivity contribution in [2.45, 2.75) is 32.4 Å². The summed E-state index contributed by atoms with van der Waals surface area (Å²) in [6, 6.07) is -0.148. The number of aliphatic carboxylic acids is 1. The Morgan fingerprint density at radius 2 is 2.19 bits per heavy atom. The highest BCUT2D eigenvalue weighted by atomic mass is 16.5. The molecule has 0 bridgehead atoms. The Hall–Kier alpha value is -0.650. The summed E-state index contributed by atoms with van der Waals surface area (Å²) in [5, 5.41) is 11.7. The van der Waals surface area contributed by atoms with Crippen molar-refractivity contribution in [3.8, 4) is 0 Å². The summed E-state index contributed by atoms with van der Waals surface area (Å²) in [6.07, 6.45) is 0.605. The van der Waals surface area contributed by atoms with Crippen molar-refractivity contribution in [3.05, 3.63) is 0 Å². The van der Waals surface area contributed by atoms with Gasteiger partial charge in [0.1, 0.15) is 6.04 Å². The van der Waals surface area contributed by atoms with Gasteiger partial charge in [-0.3, -0.25) is 9.69 Å². The number of ether oxygens (including phenoxy) is 1. The summed E-state index contributed by atoms with van der Waals surface area (Å²) in [7, 11) is 3.35. The SMILES string of the molecule is CCN(CCC(NC)C(=O)O)C(C)COC. The van der Waals surface area contributed by atoms with Gasteiger partial charge in [0.05, 0.1) is 6.61 Å². The number of carboxylic acids is 1. The van der Waals surface area contributed by atoms with Crippen LogP contribution in [0, 0.1) is 0 Å². The summed E-state index contributed by atoms with van der Waals surface area (Å²) in [4.78, 5) is 13.0. The first kappa shape index (κ1) is 15.3. The molecule has 0 aromatic carbocycles. The molecule has 0 rings (SSSR count). The largest absolute Gasteiger partial charge is 0.480 e. The molecule has 0 aliphatic rings. The van der Waals surface area contributed by atoms with E-state index in [1.54, 1.807) is 14.2 Å². The Morgan fingerprint density at radius 1 is 1.56 bits per heavy atom. The van der Waals surface area contributed by atoms with E-state index >= 15 is 0 Å². The van der Waals surface area contributed by atoms with E-state index < -0.39 is 12.0 Å². The van der Waals surface area contributed by atoms with Crippen LogP contribution in [-0.4, -0.2) is 61.9 Å². The summed E-state index contributed by atoms with van der Waals surface area (Å²) < 4.78 is 5.09. The molecule has 0 radical (unpaired) electrons. The zero-order valence-corrected chi connectivity index (χ0v) is 10.7. The van der Waals surface area contributed by atoms with E-state index in [4.69, 9.17) is 9.84 Å². The third-order valence-corrected chi connectivity index (χ3v) is 2.79. The molecule has 0 aromatic heterocycles. The lowest BCUT2D eigenvalue weighted by molar-refractivity contribution is -0.139. The molecule has 5 heteroatoms. The zero-order chi connectivity index (χ0) is 12.6. The molecule has 0 fully saturated rings. The number of carbonyl (C=O) groups is 1. The van der Waals surface area contributed by atoms with Gasteiger partial charge in [-0.2, -0.15) is 0 Å². The molecule has 0 aliphatic heterocycles. The molecule has 2 unspecified atom stereocenters. The van der Waals surface area contributed by atoms with Crippen molar-refractivity contribution in [3.63, 3.8) is 0 Å². The van der Waals surface area contributed by atoms with Gasteiger partial charge in [-0.25, -0.2) is 0 Å². The standard InChI is InChI=1S/C11H24N2O3/c1-5-13(9(2)8-16-4)7-6-10(12-3)11(14)15/h9-10,12H,5-8H2,1-4H3,(H,14,15). The van der Waals surface area contributed by atoms with Crippen molar-refractivity contribution in [2.75, 3.05) is 33.9 Å². The Morgan fingerprint density at radius 3 is 2.56 bits per heavy atom. The highest BCUT2D eigenvalue weighted by molar-refractivity contribution is 5.73. The highest BCUT2D eigenvalue weighted by Gasteiger charge is 2.18. The van der Waals surface area contributed by atoms with Crippen LogP contribution in [0.4, 0.5) is 0 Å². The molecule has 2 atom stereocenters. The topological polar surface area (TPSA) is 61.8 Å². The molecule has 96 valence electrons. The maximum atomic E-state index is 10.8. The number of methoxy groups -OCH3 is 1. The molecular formula is C11H24N2O3. The minimum absolute atomic E-state index is 0.321. The predicted molar refractivity (Wildman–Crippen MR) is 63.7 cm³/mol. The molecule has 2 N–H and O–H groups in total. The molecule has 0 saturated heterocycles. The fourth-order valence-corrected chi connectivity index (χ4v) is 1.72. The van der Waals surface area contributed by atoms with Crippen molar-refractivity contribution < 1.29 is 14.6 Å². The number of nitrogens with one attached hydrogen (secondary N) is 1. The van der Waals surface area contributed by atoms with Crippen molar-refractivity contribution >= 4 is 5.97 Å². The fraction of sp³-hybridized carbons (Fsp3) is 0.909. The molecule has 5 nitrogen and oxygen atoms in total. The van der Waals surface area contributed by atoms with E-state index in [1.165, 1.54) is 0 Å². The Kier molecular flexibility index (Phi) is 8.15. The van der Waals surface area contributed by atoms with Gasteiger partial charge in [0.2, 0.25) is 0 Å². The second-order valence-electron chi connectivity index (χ2n) is 3.90. The predicted octanol–water partition coefficient (Wildman–Crippen LogP) is 0.406. The zero-order valence-electron chi connectivity index (χ0n) is 10.7. The smallest absolute Gasteiger partial charge is 0.320 e. The quantitative estimate of drug-likeness (QED) is 0.603. The number of hydrogen-bond donors (Lipinski definition) is 2. The fourth-order valence-electron chi connectivity index (χ4n) is 1.72. The van der Waals surface area contributed by atoms with Crippen LogP contribution >= 0.6 is 0 Å². The Labute approximate surface area is 97.8 Å². The van der Waals surface area contributed by atoms with Gasteiger partial charge < -0.3 is 15.2 Å². The third kappa shape index (κ3) is 5.44. The lowest BCUT2D eigenvalue weighted by Crippen LogP contribution is -2.41. The average molecular weight is 232 g/mol. The molecule has 0 amide bonds. The van der Waals surface area contributed by atoms with Gasteiger partial charge in [-0.15, -0.1) is 0 Å². The van der Waals surface area contributed by atoms with E-state index in [0.29, 0.717) is 19.1 Å². The summed E-state index contributed by atoms with van der Waals surface area (Å²) in [5.41, 5.74) is 0. The monoisotopic (exact) mass is 232 g/mol. The van der Waals surface area contributed by atoms with Gasteiger partial charge in [0.25, 0.3) is 0 Å². The van der Waals surface area contributed by atoms with Crippen molar-refractivity contribution in [1.82, 2.24) is 10.2 Å². The number of nitrogens with zero attached hydrogens (tertiary/aromatic N) is 1. The molecule has 0 heterocycles. The van der Waals surface area contributed by atoms with Crippen LogP contribution in [-0.2, 0) is 9.53 Å². The first-order valence-electron chi connectivity index (χ1n) is 5.69. The molecule has 16 heavy (non-hydrogen) atoms. The van der Waals surface area contributed by atoms with Crippen molar-refractivity contribution in [1.29, 1.82) is 0 Å². The van der Waals surface area contributed by atoms with Gasteiger partial charge in [-0.05, 0) is 26.9 Å². The van der Waals surface area contributed by atoms with Gasteiger partial charge in [-0.1, -0.05) is 6.92 Å². The van der Waals surface area contributed by atoms with Gasteiger partial charge >= 0.3 is 5.97 Å². The van der Waals surface area contributed by atoms with Crippen LogP contribution < -0.4 is 5.32 Å². The maximum absolute atomic E-state index is 10.8. The van der Waals surface area contributed by atoms with E-state index in [1.807, 2.05) is 0 Å². The van der Waals surface area contributed by atoms with E-state index in [0.717, 1.165) is 13.1 Å². The normalized spacial score (nSPS) is 15.1. The van der Waals surface area contributed by atoms with Crippen LogP contribution in [0.1, 0.15) is 20.3 Å². The average Bonchev–Trinajstić information content (AvgIpc) is 2.24. The van der Waals surface area contributed by atoms with Crippen LogP contribution in [0.5, 0.6) is 0 Å². The first-order valence-corrected chi connectivity index (χ1v) is 5.69. The minimum Gasteiger partial charge on any atom is -0.480 e. The Bertz CT molecular complexity index is 200. The van der Waals surface area contributed by atoms with Crippen LogP contribution in [0.25, 0.3) is 0 Å². The number of hydrogen-bond acceptors (Lipinski definition) is 4. The molecule has 0 aromatic rings. The first-order chi connectivity index (χ1) is 7.56. The van der Waals surface area contributed by atoms with E-state index in [9.17, 15) is 4.79 Å². The van der Waals surface area contributed by atoms with Crippen LogP contribution in [0.2, 0.25) is 0 Å². The van der Waals surface area contributed by atoms with Crippen LogP contribution in [0.3, 0.4) is 0 Å². The van der Waals surface area contributed by atoms with E-state index in [2.05, 4.69) is 24.1 Å². The van der Waals surface area contributed by atoms with Gasteiger partial charge in [0, 0.05) is 19.7 Å². The number of carboxylic acid groups (broad SMARTS) is 1. The second-order valence-corrected chi connectivity index (χ2v) is 3.90. The maximum Gasteiger partial charge on any atom is 0.320 e. The number of likely N-dealkylation sites (N-methyl/N-ethyl adjacent to an activating group) is 2. The number of rotatable bonds is 9. The van der Waals surface area contributed by atoms with Gasteiger partial charge in [0.15, 0.2) is 0 Å². The summed E-state index contributed by atoms with van der Waals surface area (Å²) in [5.74, 6) is -0.794. The third-order valence-electron chi connectivity index (χ3n) is 2.79. The second kappa shape index (κ2) is 8.50. The van der Waals surface area contributed by atoms with Crippen molar-refractivity contribution in [2.24, 2.45) is 0 Å². The lowest BCUT2D eigenvalue weighted by atomic mass is 10.2.